The predicted molar refractivity (Wildman–Crippen MR) is 104 cm³/mol. The summed E-state index contributed by atoms with van der Waals surface area (Å²) in [7, 11) is 0. The smallest absolute Gasteiger partial charge is 0.275 e. The fourth-order valence-corrected chi connectivity index (χ4v) is 3.61. The molecule has 0 bridgehead atoms. The SMILES string of the molecule is CC(O)CNN1C(=O)c2ccc3c4c(ccc(c24)C1=O)C(=O)N(NCC(C)O)C3=O. The van der Waals surface area contributed by atoms with Crippen LogP contribution in [0.4, 0.5) is 0 Å². The van der Waals surface area contributed by atoms with Gasteiger partial charge in [0.25, 0.3) is 23.6 Å². The molecule has 0 saturated heterocycles. The van der Waals surface area contributed by atoms with Crippen molar-refractivity contribution >= 4 is 34.4 Å². The molecule has 2 aliphatic heterocycles. The standard InChI is InChI=1S/C20H20N4O6/c1-9(25)7-21-23-17(27)11-3-5-13-16-14(6-4-12(15(11)16)18(23)28)20(30)24(19(13)29)22-8-10(2)26/h3-6,9-10,21-22,25-26H,7-8H2,1-2H3. The zero-order valence-electron chi connectivity index (χ0n) is 16.3. The molecule has 2 aromatic carbocycles. The Bertz CT molecular complexity index is 953. The minimum atomic E-state index is -0.780. The van der Waals surface area contributed by atoms with Crippen LogP contribution in [0.3, 0.4) is 0 Å². The number of hydrogen-bond donors (Lipinski definition) is 4. The number of hydrazine groups is 2. The summed E-state index contributed by atoms with van der Waals surface area (Å²) >= 11 is 0. The van der Waals surface area contributed by atoms with Gasteiger partial charge in [0.15, 0.2) is 0 Å². The van der Waals surface area contributed by atoms with Gasteiger partial charge in [0.2, 0.25) is 0 Å². The zero-order valence-corrected chi connectivity index (χ0v) is 16.3. The van der Waals surface area contributed by atoms with Gasteiger partial charge in [0, 0.05) is 23.9 Å². The second-order valence-corrected chi connectivity index (χ2v) is 7.39. The first-order chi connectivity index (χ1) is 14.2. The van der Waals surface area contributed by atoms with E-state index in [9.17, 15) is 29.4 Å². The molecular formula is C20H20N4O6. The molecule has 2 heterocycles. The average molecular weight is 412 g/mol. The number of carbonyl (C=O) groups is 4. The average Bonchev–Trinajstić information content (AvgIpc) is 2.69. The monoisotopic (exact) mass is 412 g/mol. The Kier molecular flexibility index (Phi) is 4.86. The first kappa shape index (κ1) is 20.1. The number of aliphatic hydroxyl groups is 2. The maximum Gasteiger partial charge on any atom is 0.275 e. The van der Waals surface area contributed by atoms with E-state index >= 15 is 0 Å². The number of aliphatic hydroxyl groups excluding tert-OH is 2. The molecule has 0 aromatic heterocycles. The van der Waals surface area contributed by atoms with Crippen LogP contribution in [0, 0.1) is 0 Å². The number of amides is 4. The first-order valence-corrected chi connectivity index (χ1v) is 9.42. The number of imide groups is 2. The van der Waals surface area contributed by atoms with Crippen molar-refractivity contribution in [3.05, 3.63) is 46.5 Å². The molecule has 0 aliphatic carbocycles. The van der Waals surface area contributed by atoms with Crippen molar-refractivity contribution in [1.29, 1.82) is 0 Å². The Hall–Kier alpha value is -3.18. The molecule has 0 saturated carbocycles. The third-order valence-corrected chi connectivity index (χ3v) is 4.98. The minimum Gasteiger partial charge on any atom is -0.392 e. The molecule has 4 N–H and O–H groups in total. The molecule has 2 unspecified atom stereocenters. The van der Waals surface area contributed by atoms with Crippen LogP contribution in [0.2, 0.25) is 0 Å². The topological polar surface area (TPSA) is 139 Å². The fraction of sp³-hybridized carbons (Fsp3) is 0.300. The molecule has 30 heavy (non-hydrogen) atoms. The van der Waals surface area contributed by atoms with Gasteiger partial charge in [0.1, 0.15) is 0 Å². The minimum absolute atomic E-state index is 0.00694. The molecule has 2 aromatic rings. The van der Waals surface area contributed by atoms with Crippen LogP contribution in [0.1, 0.15) is 55.3 Å². The van der Waals surface area contributed by atoms with Crippen LogP contribution < -0.4 is 10.9 Å². The Morgan fingerprint density at radius 2 is 0.933 bits per heavy atom. The van der Waals surface area contributed by atoms with E-state index in [1.54, 1.807) is 0 Å². The van der Waals surface area contributed by atoms with Gasteiger partial charge in [-0.25, -0.2) is 20.9 Å². The van der Waals surface area contributed by atoms with Crippen molar-refractivity contribution in [2.45, 2.75) is 26.1 Å². The zero-order chi connectivity index (χ0) is 21.7. The van der Waals surface area contributed by atoms with Crippen LogP contribution in [0.5, 0.6) is 0 Å². The number of carbonyl (C=O) groups excluding carboxylic acids is 4. The number of rotatable bonds is 6. The van der Waals surface area contributed by atoms with Crippen LogP contribution in [0.25, 0.3) is 10.8 Å². The van der Waals surface area contributed by atoms with Gasteiger partial charge < -0.3 is 10.2 Å². The fourth-order valence-electron chi connectivity index (χ4n) is 3.61. The summed E-state index contributed by atoms with van der Waals surface area (Å²) in [5.41, 5.74) is 5.94. The van der Waals surface area contributed by atoms with E-state index in [4.69, 9.17) is 0 Å². The largest absolute Gasteiger partial charge is 0.392 e. The highest BCUT2D eigenvalue weighted by molar-refractivity contribution is 6.33. The van der Waals surface area contributed by atoms with E-state index in [0.717, 1.165) is 10.0 Å². The van der Waals surface area contributed by atoms with Gasteiger partial charge in [0.05, 0.1) is 34.5 Å². The van der Waals surface area contributed by atoms with Crippen molar-refractivity contribution in [2.24, 2.45) is 0 Å². The molecule has 156 valence electrons. The van der Waals surface area contributed by atoms with Crippen molar-refractivity contribution < 1.29 is 29.4 Å². The molecule has 0 radical (unpaired) electrons. The quantitative estimate of drug-likeness (QED) is 0.479. The number of nitrogens with zero attached hydrogens (tertiary/aromatic N) is 2. The first-order valence-electron chi connectivity index (χ1n) is 9.42. The second-order valence-electron chi connectivity index (χ2n) is 7.39. The highest BCUT2D eigenvalue weighted by Crippen LogP contribution is 2.37. The molecule has 2 atom stereocenters. The summed E-state index contributed by atoms with van der Waals surface area (Å²) in [5, 5.41) is 21.1. The van der Waals surface area contributed by atoms with Crippen LogP contribution in [-0.2, 0) is 0 Å². The molecule has 10 heteroatoms. The highest BCUT2D eigenvalue weighted by Gasteiger charge is 2.39. The lowest BCUT2D eigenvalue weighted by Crippen LogP contribution is -2.52. The Morgan fingerprint density at radius 3 is 1.17 bits per heavy atom. The van der Waals surface area contributed by atoms with Gasteiger partial charge in [-0.1, -0.05) is 0 Å². The Morgan fingerprint density at radius 1 is 0.667 bits per heavy atom. The van der Waals surface area contributed by atoms with Crippen molar-refractivity contribution in [3.8, 4) is 0 Å². The van der Waals surface area contributed by atoms with Gasteiger partial charge in [-0.3, -0.25) is 19.2 Å². The Labute approximate surface area is 171 Å². The summed E-state index contributed by atoms with van der Waals surface area (Å²) in [5.74, 6) is -2.53. The van der Waals surface area contributed by atoms with E-state index in [1.807, 2.05) is 0 Å². The van der Waals surface area contributed by atoms with Gasteiger partial charge in [-0.05, 0) is 38.1 Å². The van der Waals surface area contributed by atoms with Crippen LogP contribution in [-0.4, -0.2) is 69.2 Å². The summed E-state index contributed by atoms with van der Waals surface area (Å²) in [6.45, 7) is 3.01. The van der Waals surface area contributed by atoms with Gasteiger partial charge in [-0.2, -0.15) is 0 Å². The van der Waals surface area contributed by atoms with Crippen molar-refractivity contribution in [3.63, 3.8) is 0 Å². The van der Waals surface area contributed by atoms with E-state index in [2.05, 4.69) is 10.9 Å². The van der Waals surface area contributed by atoms with E-state index < -0.39 is 35.8 Å². The number of benzene rings is 2. The van der Waals surface area contributed by atoms with Crippen molar-refractivity contribution in [2.75, 3.05) is 13.1 Å². The van der Waals surface area contributed by atoms with Crippen molar-refractivity contribution in [1.82, 2.24) is 20.9 Å². The van der Waals surface area contributed by atoms with Gasteiger partial charge in [-0.15, -0.1) is 0 Å². The van der Waals surface area contributed by atoms with Crippen LogP contribution in [0.15, 0.2) is 24.3 Å². The van der Waals surface area contributed by atoms with E-state index in [0.29, 0.717) is 0 Å². The Balaban J connectivity index is 1.84. The molecule has 4 amide bonds. The second kappa shape index (κ2) is 7.26. The summed E-state index contributed by atoms with van der Waals surface area (Å²) in [6.07, 6.45) is -1.56. The number of hydrogen-bond acceptors (Lipinski definition) is 8. The summed E-state index contributed by atoms with van der Waals surface area (Å²) in [4.78, 5) is 51.6. The lowest BCUT2D eigenvalue weighted by molar-refractivity contribution is 0.0461. The van der Waals surface area contributed by atoms with Crippen LogP contribution >= 0.6 is 0 Å². The lowest BCUT2D eigenvalue weighted by atomic mass is 9.86. The molecule has 0 spiro atoms. The lowest BCUT2D eigenvalue weighted by Gasteiger charge is -2.32. The normalized spacial score (nSPS) is 17.7. The molecule has 4 rings (SSSR count). The third-order valence-electron chi connectivity index (χ3n) is 4.98. The predicted octanol–water partition coefficient (Wildman–Crippen LogP) is -0.197. The maximum absolute atomic E-state index is 12.9. The van der Waals surface area contributed by atoms with E-state index in [-0.39, 0.29) is 46.1 Å². The molecule has 0 fully saturated rings. The van der Waals surface area contributed by atoms with Gasteiger partial charge >= 0.3 is 0 Å². The molecule has 10 nitrogen and oxygen atoms in total. The molecular weight excluding hydrogens is 392 g/mol. The maximum atomic E-state index is 12.9. The van der Waals surface area contributed by atoms with E-state index in [1.165, 1.54) is 38.1 Å². The summed E-state index contributed by atoms with van der Waals surface area (Å²) in [6, 6.07) is 5.77. The molecule has 2 aliphatic rings. The third kappa shape index (κ3) is 2.97. The highest BCUT2D eigenvalue weighted by atomic mass is 16.3. The summed E-state index contributed by atoms with van der Waals surface area (Å²) < 4.78 is 0. The number of nitrogens with one attached hydrogen (secondary N) is 2.